The summed E-state index contributed by atoms with van der Waals surface area (Å²) < 4.78 is 15.7. The molecule has 7 nitrogen and oxygen atoms in total. The first-order valence-electron chi connectivity index (χ1n) is 8.10. The van der Waals surface area contributed by atoms with Crippen molar-refractivity contribution in [2.45, 2.75) is 31.5 Å². The van der Waals surface area contributed by atoms with Gasteiger partial charge in [0.1, 0.15) is 12.5 Å². The molecule has 1 aliphatic rings. The van der Waals surface area contributed by atoms with Gasteiger partial charge in [-0.25, -0.2) is 18.9 Å². The maximum absolute atomic E-state index is 14.1. The van der Waals surface area contributed by atoms with Gasteiger partial charge in [-0.15, -0.1) is 0 Å². The van der Waals surface area contributed by atoms with Crippen LogP contribution in [0.3, 0.4) is 0 Å². The van der Waals surface area contributed by atoms with Crippen LogP contribution in [0.2, 0.25) is 0 Å². The van der Waals surface area contributed by atoms with E-state index in [0.717, 1.165) is 17.5 Å². The van der Waals surface area contributed by atoms with Crippen molar-refractivity contribution in [1.82, 2.24) is 19.6 Å². The molecule has 1 fully saturated rings. The highest BCUT2D eigenvalue weighted by atomic mass is 19.1. The lowest BCUT2D eigenvalue weighted by atomic mass is 10.1. The van der Waals surface area contributed by atoms with Gasteiger partial charge in [-0.1, -0.05) is 0 Å². The van der Waals surface area contributed by atoms with Crippen molar-refractivity contribution in [3.63, 3.8) is 0 Å². The number of aromatic nitrogens is 4. The molecule has 4 rings (SSSR count). The molecule has 0 aromatic carbocycles. The highest BCUT2D eigenvalue weighted by molar-refractivity contribution is 6.02. The second-order valence-electron chi connectivity index (χ2n) is 6.18. The van der Waals surface area contributed by atoms with E-state index in [2.05, 4.69) is 20.4 Å². The van der Waals surface area contributed by atoms with Crippen molar-refractivity contribution in [3.05, 3.63) is 42.7 Å². The van der Waals surface area contributed by atoms with Crippen LogP contribution in [-0.2, 0) is 0 Å². The predicted octanol–water partition coefficient (Wildman–Crippen LogP) is 2.19. The molecule has 0 aliphatic heterocycles. The number of nitrogens with one attached hydrogen (secondary N) is 1. The number of nitrogens with two attached hydrogens (primary N) is 1. The van der Waals surface area contributed by atoms with E-state index >= 15 is 0 Å². The summed E-state index contributed by atoms with van der Waals surface area (Å²) >= 11 is 0. The summed E-state index contributed by atoms with van der Waals surface area (Å²) in [6.07, 6.45) is 9.18. The maximum atomic E-state index is 14.1. The Morgan fingerprint density at radius 2 is 2.04 bits per heavy atom. The highest BCUT2D eigenvalue weighted by Gasteiger charge is 2.28. The van der Waals surface area contributed by atoms with Gasteiger partial charge in [-0.2, -0.15) is 5.10 Å². The van der Waals surface area contributed by atoms with Crippen LogP contribution < -0.4 is 11.1 Å². The number of fused-ring (bicyclic) bond motifs is 1. The smallest absolute Gasteiger partial charge is 0.252 e. The maximum Gasteiger partial charge on any atom is 0.252 e. The highest BCUT2D eigenvalue weighted by Crippen LogP contribution is 2.31. The van der Waals surface area contributed by atoms with Crippen LogP contribution in [0.4, 0.5) is 10.1 Å². The lowest BCUT2D eigenvalue weighted by Crippen LogP contribution is -2.27. The van der Waals surface area contributed by atoms with Crippen molar-refractivity contribution in [1.29, 1.82) is 0 Å². The SMILES string of the molecule is NC(=O)c1cnn2cc(-c3cncnc3)cc2c1N[C@@H]1CCC[C@@H]1F. The lowest BCUT2D eigenvalue weighted by molar-refractivity contribution is 0.100. The van der Waals surface area contributed by atoms with Crippen molar-refractivity contribution in [2.24, 2.45) is 5.73 Å². The van der Waals surface area contributed by atoms with E-state index in [9.17, 15) is 9.18 Å². The van der Waals surface area contributed by atoms with Crippen LogP contribution in [0.5, 0.6) is 0 Å². The molecule has 0 unspecified atom stereocenters. The Hall–Kier alpha value is -3.03. The van der Waals surface area contributed by atoms with Crippen LogP contribution >= 0.6 is 0 Å². The number of amides is 1. The van der Waals surface area contributed by atoms with Crippen molar-refractivity contribution < 1.29 is 9.18 Å². The Labute approximate surface area is 143 Å². The van der Waals surface area contributed by atoms with Gasteiger partial charge in [0.15, 0.2) is 0 Å². The fraction of sp³-hybridized carbons (Fsp3) is 0.294. The number of nitrogens with zero attached hydrogens (tertiary/aromatic N) is 4. The largest absolute Gasteiger partial charge is 0.377 e. The molecule has 0 saturated heterocycles. The molecular formula is C17H17FN6O. The van der Waals surface area contributed by atoms with E-state index in [1.165, 1.54) is 12.5 Å². The minimum atomic E-state index is -0.939. The van der Waals surface area contributed by atoms with Gasteiger partial charge in [-0.3, -0.25) is 4.79 Å². The molecule has 1 aliphatic carbocycles. The lowest BCUT2D eigenvalue weighted by Gasteiger charge is -2.19. The van der Waals surface area contributed by atoms with E-state index < -0.39 is 12.1 Å². The van der Waals surface area contributed by atoms with Crippen LogP contribution in [0, 0.1) is 0 Å². The number of halogens is 1. The molecular weight excluding hydrogens is 323 g/mol. The minimum absolute atomic E-state index is 0.251. The van der Waals surface area contributed by atoms with Gasteiger partial charge >= 0.3 is 0 Å². The van der Waals surface area contributed by atoms with E-state index in [-0.39, 0.29) is 11.6 Å². The van der Waals surface area contributed by atoms with E-state index in [1.54, 1.807) is 16.9 Å². The molecule has 0 radical (unpaired) electrons. The summed E-state index contributed by atoms with van der Waals surface area (Å²) in [4.78, 5) is 19.8. The van der Waals surface area contributed by atoms with Crippen molar-refractivity contribution in [2.75, 3.05) is 5.32 Å². The zero-order valence-electron chi connectivity index (χ0n) is 13.4. The summed E-state index contributed by atoms with van der Waals surface area (Å²) in [6, 6.07) is 1.53. The molecule has 25 heavy (non-hydrogen) atoms. The Balaban J connectivity index is 1.83. The topological polar surface area (TPSA) is 98.2 Å². The molecule has 2 atom stereocenters. The minimum Gasteiger partial charge on any atom is -0.377 e. The molecule has 1 saturated carbocycles. The number of primary amides is 1. The third-order valence-electron chi connectivity index (χ3n) is 4.56. The zero-order valence-corrected chi connectivity index (χ0v) is 13.4. The Morgan fingerprint density at radius 3 is 2.72 bits per heavy atom. The standard InChI is InChI=1S/C17H17FN6O/c18-13-2-1-3-14(13)23-16-12(17(19)25)7-22-24-8-10(4-15(16)24)11-5-20-9-21-6-11/h4-9,13-14,23H,1-3H2,(H2,19,25)/t13-,14+/m0/s1. The Morgan fingerprint density at radius 1 is 1.24 bits per heavy atom. The summed E-state index contributed by atoms with van der Waals surface area (Å²) in [5.41, 5.74) is 8.59. The summed E-state index contributed by atoms with van der Waals surface area (Å²) in [6.45, 7) is 0. The number of hydrogen-bond acceptors (Lipinski definition) is 5. The zero-order chi connectivity index (χ0) is 17.4. The van der Waals surface area contributed by atoms with Crippen LogP contribution in [0.15, 0.2) is 37.2 Å². The first-order chi connectivity index (χ1) is 12.1. The van der Waals surface area contributed by atoms with Gasteiger partial charge in [0.05, 0.1) is 29.0 Å². The van der Waals surface area contributed by atoms with Gasteiger partial charge < -0.3 is 11.1 Å². The first kappa shape index (κ1) is 15.5. The number of anilines is 1. The molecule has 0 spiro atoms. The van der Waals surface area contributed by atoms with Crippen molar-refractivity contribution >= 4 is 17.1 Å². The summed E-state index contributed by atoms with van der Waals surface area (Å²) in [7, 11) is 0. The molecule has 8 heteroatoms. The molecule has 3 aromatic rings. The number of alkyl halides is 1. The molecule has 3 N–H and O–H groups in total. The Kier molecular flexibility index (Phi) is 3.79. The average molecular weight is 340 g/mol. The monoisotopic (exact) mass is 340 g/mol. The number of rotatable bonds is 4. The Bertz CT molecular complexity index is 926. The molecule has 3 heterocycles. The predicted molar refractivity (Wildman–Crippen MR) is 90.9 cm³/mol. The number of carbonyl (C=O) groups excluding carboxylic acids is 1. The van der Waals surface area contributed by atoms with Crippen LogP contribution in [0.25, 0.3) is 16.6 Å². The fourth-order valence-corrected chi connectivity index (χ4v) is 3.26. The summed E-state index contributed by atoms with van der Waals surface area (Å²) in [5.74, 6) is -0.600. The van der Waals surface area contributed by atoms with Crippen LogP contribution in [-0.4, -0.2) is 37.7 Å². The van der Waals surface area contributed by atoms with Crippen molar-refractivity contribution in [3.8, 4) is 11.1 Å². The average Bonchev–Trinajstić information content (AvgIpc) is 3.22. The van der Waals surface area contributed by atoms with Gasteiger partial charge in [-0.05, 0) is 25.3 Å². The second kappa shape index (κ2) is 6.12. The number of hydrogen-bond donors (Lipinski definition) is 2. The normalized spacial score (nSPS) is 20.0. The van der Waals surface area contributed by atoms with Gasteiger partial charge in [0, 0.05) is 29.7 Å². The quantitative estimate of drug-likeness (QED) is 0.759. The van der Waals surface area contributed by atoms with E-state index in [1.807, 2.05) is 12.3 Å². The van der Waals surface area contributed by atoms with E-state index in [0.29, 0.717) is 24.0 Å². The second-order valence-corrected chi connectivity index (χ2v) is 6.18. The van der Waals surface area contributed by atoms with Gasteiger partial charge in [0.25, 0.3) is 5.91 Å². The third kappa shape index (κ3) is 2.79. The molecule has 1 amide bonds. The molecule has 3 aromatic heterocycles. The molecule has 0 bridgehead atoms. The number of carbonyl (C=O) groups is 1. The summed E-state index contributed by atoms with van der Waals surface area (Å²) in [5, 5.41) is 7.42. The fourth-order valence-electron chi connectivity index (χ4n) is 3.26. The third-order valence-corrected chi connectivity index (χ3v) is 4.56. The molecule has 128 valence electrons. The van der Waals surface area contributed by atoms with Crippen LogP contribution in [0.1, 0.15) is 29.6 Å². The first-order valence-corrected chi connectivity index (χ1v) is 8.10. The van der Waals surface area contributed by atoms with E-state index in [4.69, 9.17) is 5.73 Å². The van der Waals surface area contributed by atoms with Gasteiger partial charge in [0.2, 0.25) is 0 Å².